The van der Waals surface area contributed by atoms with Crippen molar-refractivity contribution in [2.45, 2.75) is 11.4 Å². The van der Waals surface area contributed by atoms with Crippen LogP contribution in [0.25, 0.3) is 10.9 Å². The van der Waals surface area contributed by atoms with Gasteiger partial charge in [0.15, 0.2) is 5.13 Å². The highest BCUT2D eigenvalue weighted by molar-refractivity contribution is 7.93. The van der Waals surface area contributed by atoms with Crippen molar-refractivity contribution in [1.29, 1.82) is 0 Å². The molecule has 0 radical (unpaired) electrons. The Kier molecular flexibility index (Phi) is 5.99. The molecule has 31 heavy (non-hydrogen) atoms. The van der Waals surface area contributed by atoms with Crippen LogP contribution < -0.4 is 13.8 Å². The number of anilines is 1. The van der Waals surface area contributed by atoms with Crippen molar-refractivity contribution < 1.29 is 17.9 Å². The molecule has 0 aliphatic heterocycles. The lowest BCUT2D eigenvalue weighted by atomic mass is 10.2. The van der Waals surface area contributed by atoms with Gasteiger partial charge in [0.1, 0.15) is 16.4 Å². The number of ether oxygens (including phenoxy) is 2. The zero-order valence-corrected chi connectivity index (χ0v) is 19.0. The second-order valence-electron chi connectivity index (χ2n) is 6.49. The number of rotatable bonds is 7. The number of aromatic nitrogens is 2. The molecule has 0 bridgehead atoms. The molecule has 0 atom stereocenters. The average molecular weight is 476 g/mol. The van der Waals surface area contributed by atoms with Crippen molar-refractivity contribution in [1.82, 2.24) is 9.97 Å². The number of benzene rings is 2. The van der Waals surface area contributed by atoms with Gasteiger partial charge in [0.2, 0.25) is 0 Å². The number of sulfonamides is 1. The number of methoxy groups -OCH3 is 2. The van der Waals surface area contributed by atoms with E-state index in [0.717, 1.165) is 5.56 Å². The molecular formula is C21H18ClN3O4S2. The summed E-state index contributed by atoms with van der Waals surface area (Å²) in [6, 6.07) is 11.9. The number of nitrogens with zero attached hydrogens (tertiary/aromatic N) is 3. The topological polar surface area (TPSA) is 81.6 Å². The van der Waals surface area contributed by atoms with E-state index in [-0.39, 0.29) is 17.2 Å². The SMILES string of the molecule is COc1ccc(CN(c2nccs2)S(=O)(=O)c2cc3nccc(Cl)c3cc2OC)cc1. The Bertz CT molecular complexity index is 1310. The predicted molar refractivity (Wildman–Crippen MR) is 122 cm³/mol. The normalized spacial score (nSPS) is 11.5. The van der Waals surface area contributed by atoms with E-state index < -0.39 is 10.0 Å². The molecule has 2 aromatic carbocycles. The van der Waals surface area contributed by atoms with Crippen LogP contribution in [0, 0.1) is 0 Å². The Labute approximate surface area is 188 Å². The van der Waals surface area contributed by atoms with Gasteiger partial charge in [-0.05, 0) is 35.9 Å². The fourth-order valence-electron chi connectivity index (χ4n) is 3.09. The highest BCUT2D eigenvalue weighted by Crippen LogP contribution is 2.36. The second kappa shape index (κ2) is 8.70. The molecule has 4 rings (SSSR count). The summed E-state index contributed by atoms with van der Waals surface area (Å²) in [5, 5.41) is 3.14. The maximum Gasteiger partial charge on any atom is 0.270 e. The van der Waals surface area contributed by atoms with E-state index in [0.29, 0.717) is 26.8 Å². The van der Waals surface area contributed by atoms with Gasteiger partial charge in [-0.3, -0.25) is 4.98 Å². The second-order valence-corrected chi connectivity index (χ2v) is 9.60. The van der Waals surface area contributed by atoms with Gasteiger partial charge in [0.05, 0.1) is 31.3 Å². The summed E-state index contributed by atoms with van der Waals surface area (Å²) in [5.74, 6) is 0.866. The molecule has 2 aromatic heterocycles. The molecule has 0 N–H and O–H groups in total. The molecule has 0 spiro atoms. The van der Waals surface area contributed by atoms with Gasteiger partial charge in [-0.15, -0.1) is 11.3 Å². The molecule has 0 aliphatic rings. The molecule has 0 fully saturated rings. The Balaban J connectivity index is 1.84. The number of thiazole rings is 1. The summed E-state index contributed by atoms with van der Waals surface area (Å²) in [7, 11) is -1.05. The minimum Gasteiger partial charge on any atom is -0.497 e. The van der Waals surface area contributed by atoms with Crippen molar-refractivity contribution in [2.75, 3.05) is 18.5 Å². The molecule has 7 nitrogen and oxygen atoms in total. The van der Waals surface area contributed by atoms with Crippen molar-refractivity contribution in [3.05, 3.63) is 70.8 Å². The monoisotopic (exact) mass is 475 g/mol. The van der Waals surface area contributed by atoms with Gasteiger partial charge in [0.25, 0.3) is 10.0 Å². The van der Waals surface area contributed by atoms with Crippen LogP contribution in [-0.4, -0.2) is 32.6 Å². The van der Waals surface area contributed by atoms with Crippen LogP contribution in [0.4, 0.5) is 5.13 Å². The molecule has 0 amide bonds. The summed E-state index contributed by atoms with van der Waals surface area (Å²) >= 11 is 7.49. The number of pyridine rings is 1. The molecule has 0 unspecified atom stereocenters. The molecule has 10 heteroatoms. The van der Waals surface area contributed by atoms with Crippen LogP contribution in [0.3, 0.4) is 0 Å². The zero-order chi connectivity index (χ0) is 22.0. The minimum absolute atomic E-state index is 0.0130. The van der Waals surface area contributed by atoms with E-state index in [1.807, 2.05) is 12.1 Å². The maximum absolute atomic E-state index is 13.8. The van der Waals surface area contributed by atoms with Gasteiger partial charge >= 0.3 is 0 Å². The van der Waals surface area contributed by atoms with E-state index in [9.17, 15) is 8.42 Å². The van der Waals surface area contributed by atoms with Gasteiger partial charge < -0.3 is 9.47 Å². The number of hydrogen-bond donors (Lipinski definition) is 0. The average Bonchev–Trinajstić information content (AvgIpc) is 3.31. The third-order valence-corrected chi connectivity index (χ3v) is 7.66. The van der Waals surface area contributed by atoms with Gasteiger partial charge in [-0.1, -0.05) is 23.7 Å². The fourth-order valence-corrected chi connectivity index (χ4v) is 5.74. The standard InChI is InChI=1S/C21H18ClN3O4S2/c1-28-15-5-3-14(4-6-15)13-25(21-24-9-10-30-21)31(26,27)20-12-18-16(11-19(20)29-2)17(22)7-8-23-18/h3-12H,13H2,1-2H3. The number of hydrogen-bond acceptors (Lipinski definition) is 7. The molecule has 160 valence electrons. The summed E-state index contributed by atoms with van der Waals surface area (Å²) in [5.41, 5.74) is 1.23. The summed E-state index contributed by atoms with van der Waals surface area (Å²) in [6.07, 6.45) is 3.10. The van der Waals surface area contributed by atoms with Crippen LogP contribution in [0.2, 0.25) is 5.02 Å². The van der Waals surface area contributed by atoms with Crippen molar-refractivity contribution in [2.24, 2.45) is 0 Å². The lowest BCUT2D eigenvalue weighted by molar-refractivity contribution is 0.403. The van der Waals surface area contributed by atoms with Gasteiger partial charge in [0, 0.05) is 23.2 Å². The van der Waals surface area contributed by atoms with E-state index in [4.69, 9.17) is 21.1 Å². The first-order chi connectivity index (χ1) is 14.9. The van der Waals surface area contributed by atoms with E-state index in [1.54, 1.807) is 43.0 Å². The molecule has 0 aliphatic carbocycles. The highest BCUT2D eigenvalue weighted by Gasteiger charge is 2.31. The first-order valence-corrected chi connectivity index (χ1v) is 11.8. The van der Waals surface area contributed by atoms with Crippen molar-refractivity contribution in [3.8, 4) is 11.5 Å². The van der Waals surface area contributed by atoms with Crippen LogP contribution in [0.5, 0.6) is 11.5 Å². The summed E-state index contributed by atoms with van der Waals surface area (Å²) in [6.45, 7) is 0.0873. The van der Waals surface area contributed by atoms with E-state index >= 15 is 0 Å². The van der Waals surface area contributed by atoms with E-state index in [2.05, 4.69) is 9.97 Å². The van der Waals surface area contributed by atoms with Crippen LogP contribution in [0.15, 0.2) is 65.1 Å². The molecule has 4 aromatic rings. The fraction of sp³-hybridized carbons (Fsp3) is 0.143. The third kappa shape index (κ3) is 4.16. The first kappa shape index (κ1) is 21.4. The third-order valence-electron chi connectivity index (χ3n) is 4.66. The molecule has 0 saturated heterocycles. The van der Waals surface area contributed by atoms with Crippen molar-refractivity contribution in [3.63, 3.8) is 0 Å². The summed E-state index contributed by atoms with van der Waals surface area (Å²) < 4.78 is 39.4. The maximum atomic E-state index is 13.8. The smallest absolute Gasteiger partial charge is 0.270 e. The first-order valence-electron chi connectivity index (χ1n) is 9.11. The minimum atomic E-state index is -4.04. The van der Waals surface area contributed by atoms with Gasteiger partial charge in [-0.25, -0.2) is 17.7 Å². The Morgan fingerprint density at radius 2 is 1.81 bits per heavy atom. The number of halogens is 1. The van der Waals surface area contributed by atoms with Gasteiger partial charge in [-0.2, -0.15) is 0 Å². The quantitative estimate of drug-likeness (QED) is 0.383. The Hall–Kier alpha value is -2.88. The Morgan fingerprint density at radius 1 is 1.03 bits per heavy atom. The van der Waals surface area contributed by atoms with Crippen LogP contribution in [0.1, 0.15) is 5.56 Å². The molecule has 0 saturated carbocycles. The summed E-state index contributed by atoms with van der Waals surface area (Å²) in [4.78, 5) is 8.49. The highest BCUT2D eigenvalue weighted by atomic mass is 35.5. The lowest BCUT2D eigenvalue weighted by Crippen LogP contribution is -2.30. The Morgan fingerprint density at radius 3 is 2.45 bits per heavy atom. The van der Waals surface area contributed by atoms with Crippen molar-refractivity contribution >= 4 is 49.0 Å². The molecular weight excluding hydrogens is 458 g/mol. The molecule has 2 heterocycles. The largest absolute Gasteiger partial charge is 0.497 e. The predicted octanol–water partition coefficient (Wildman–Crippen LogP) is 4.76. The van der Waals surface area contributed by atoms with E-state index in [1.165, 1.54) is 35.0 Å². The van der Waals surface area contributed by atoms with Crippen LogP contribution in [-0.2, 0) is 16.6 Å². The van der Waals surface area contributed by atoms with Crippen LogP contribution >= 0.6 is 22.9 Å². The lowest BCUT2D eigenvalue weighted by Gasteiger charge is -2.23. The number of fused-ring (bicyclic) bond motifs is 1. The zero-order valence-electron chi connectivity index (χ0n) is 16.6.